The zero-order valence-electron chi connectivity index (χ0n) is 7.48. The highest BCUT2D eigenvalue weighted by Gasteiger charge is 2.32. The van der Waals surface area contributed by atoms with Gasteiger partial charge in [-0.25, -0.2) is 0 Å². The van der Waals surface area contributed by atoms with Gasteiger partial charge in [0.05, 0.1) is 0 Å². The number of hydrogen-bond acceptors (Lipinski definition) is 0. The van der Waals surface area contributed by atoms with Crippen molar-refractivity contribution in [2.75, 3.05) is 0 Å². The van der Waals surface area contributed by atoms with Crippen molar-refractivity contribution in [2.45, 2.75) is 6.42 Å². The van der Waals surface area contributed by atoms with Crippen LogP contribution in [0, 0.1) is 11.8 Å². The molecule has 0 aromatic heterocycles. The van der Waals surface area contributed by atoms with E-state index < -0.39 is 0 Å². The molecule has 1 aromatic carbocycles. The number of allylic oxidation sites excluding steroid dienone is 2. The molecule has 1 aromatic rings. The zero-order chi connectivity index (χ0) is 8.67. The second kappa shape index (κ2) is 2.59. The van der Waals surface area contributed by atoms with E-state index >= 15 is 0 Å². The second-order valence-electron chi connectivity index (χ2n) is 3.91. The third kappa shape index (κ3) is 1.23. The standard InChI is InChI=1S/C13H12/c1-2-4-11-6-8-13-9-12(13)7-5-10(11)3-1/h1-8,12-13H,9H2/b7-5-,8-6-. The summed E-state index contributed by atoms with van der Waals surface area (Å²) in [6.07, 6.45) is 10.6. The average Bonchev–Trinajstić information content (AvgIpc) is 2.87. The van der Waals surface area contributed by atoms with Crippen LogP contribution in [0.25, 0.3) is 12.2 Å². The Morgan fingerprint density at radius 3 is 1.92 bits per heavy atom. The molecule has 0 N–H and O–H groups in total. The van der Waals surface area contributed by atoms with Crippen LogP contribution in [-0.2, 0) is 0 Å². The molecule has 0 radical (unpaired) electrons. The molecule has 2 atom stereocenters. The minimum atomic E-state index is 0.824. The van der Waals surface area contributed by atoms with Gasteiger partial charge in [-0.05, 0) is 29.4 Å². The van der Waals surface area contributed by atoms with E-state index in [4.69, 9.17) is 0 Å². The highest BCUT2D eigenvalue weighted by atomic mass is 14.4. The van der Waals surface area contributed by atoms with Crippen molar-refractivity contribution in [3.8, 4) is 0 Å². The first-order valence-electron chi connectivity index (χ1n) is 4.89. The summed E-state index contributed by atoms with van der Waals surface area (Å²) in [5, 5.41) is 0. The van der Waals surface area contributed by atoms with Gasteiger partial charge in [0.15, 0.2) is 0 Å². The first kappa shape index (κ1) is 7.14. The van der Waals surface area contributed by atoms with Crippen LogP contribution in [-0.4, -0.2) is 0 Å². The molecule has 0 bridgehead atoms. The van der Waals surface area contributed by atoms with Gasteiger partial charge in [0, 0.05) is 0 Å². The van der Waals surface area contributed by atoms with Gasteiger partial charge in [-0.2, -0.15) is 0 Å². The zero-order valence-corrected chi connectivity index (χ0v) is 7.48. The summed E-state index contributed by atoms with van der Waals surface area (Å²) in [7, 11) is 0. The van der Waals surface area contributed by atoms with E-state index in [1.807, 2.05) is 0 Å². The van der Waals surface area contributed by atoms with E-state index in [1.165, 1.54) is 17.5 Å². The maximum atomic E-state index is 2.35. The molecule has 0 saturated heterocycles. The summed E-state index contributed by atoms with van der Waals surface area (Å²) >= 11 is 0. The lowest BCUT2D eigenvalue weighted by Gasteiger charge is -2.02. The third-order valence-corrected chi connectivity index (χ3v) is 2.93. The molecule has 2 aliphatic carbocycles. The highest BCUT2D eigenvalue weighted by Crippen LogP contribution is 2.42. The van der Waals surface area contributed by atoms with Gasteiger partial charge in [0.2, 0.25) is 0 Å². The lowest BCUT2D eigenvalue weighted by molar-refractivity contribution is 1.00. The van der Waals surface area contributed by atoms with Gasteiger partial charge in [-0.1, -0.05) is 48.6 Å². The van der Waals surface area contributed by atoms with Gasteiger partial charge in [0.25, 0.3) is 0 Å². The maximum absolute atomic E-state index is 2.35. The first-order valence-corrected chi connectivity index (χ1v) is 4.89. The predicted molar refractivity (Wildman–Crippen MR) is 56.1 cm³/mol. The van der Waals surface area contributed by atoms with Crippen LogP contribution >= 0.6 is 0 Å². The smallest absolute Gasteiger partial charge is 0.0161 e. The molecule has 2 unspecified atom stereocenters. The predicted octanol–water partition coefficient (Wildman–Crippen LogP) is 3.36. The topological polar surface area (TPSA) is 0 Å². The lowest BCUT2D eigenvalue weighted by atomic mass is 10.0. The Labute approximate surface area is 78.6 Å². The van der Waals surface area contributed by atoms with Crippen LogP contribution in [0.5, 0.6) is 0 Å². The van der Waals surface area contributed by atoms with Crippen molar-refractivity contribution in [3.05, 3.63) is 47.5 Å². The van der Waals surface area contributed by atoms with Crippen LogP contribution in [0.2, 0.25) is 0 Å². The molecule has 0 spiro atoms. The maximum Gasteiger partial charge on any atom is -0.0161 e. The van der Waals surface area contributed by atoms with Crippen LogP contribution in [0.1, 0.15) is 17.5 Å². The summed E-state index contributed by atoms with van der Waals surface area (Å²) in [4.78, 5) is 0. The molecule has 2 aliphatic rings. The van der Waals surface area contributed by atoms with E-state index in [2.05, 4.69) is 48.6 Å². The molecule has 0 aliphatic heterocycles. The number of fused-ring (bicyclic) bond motifs is 2. The van der Waals surface area contributed by atoms with Gasteiger partial charge in [-0.3, -0.25) is 0 Å². The van der Waals surface area contributed by atoms with Crippen LogP contribution in [0.3, 0.4) is 0 Å². The normalized spacial score (nSPS) is 33.5. The summed E-state index contributed by atoms with van der Waals surface area (Å²) < 4.78 is 0. The molecule has 0 heterocycles. The molecule has 13 heavy (non-hydrogen) atoms. The Balaban J connectivity index is 2.11. The highest BCUT2D eigenvalue weighted by molar-refractivity contribution is 5.67. The van der Waals surface area contributed by atoms with Gasteiger partial charge in [0.1, 0.15) is 0 Å². The fourth-order valence-corrected chi connectivity index (χ4v) is 1.95. The summed E-state index contributed by atoms with van der Waals surface area (Å²) in [5.41, 5.74) is 2.70. The van der Waals surface area contributed by atoms with Crippen molar-refractivity contribution >= 4 is 12.2 Å². The van der Waals surface area contributed by atoms with E-state index in [-0.39, 0.29) is 0 Å². The van der Waals surface area contributed by atoms with Crippen molar-refractivity contribution in [2.24, 2.45) is 11.8 Å². The van der Waals surface area contributed by atoms with Crippen molar-refractivity contribution < 1.29 is 0 Å². The average molecular weight is 168 g/mol. The Kier molecular flexibility index (Phi) is 1.42. The Morgan fingerprint density at radius 2 is 1.38 bits per heavy atom. The van der Waals surface area contributed by atoms with Crippen LogP contribution < -0.4 is 0 Å². The van der Waals surface area contributed by atoms with Crippen molar-refractivity contribution in [3.63, 3.8) is 0 Å². The Hall–Kier alpha value is -1.30. The van der Waals surface area contributed by atoms with Gasteiger partial charge < -0.3 is 0 Å². The van der Waals surface area contributed by atoms with Crippen molar-refractivity contribution in [1.29, 1.82) is 0 Å². The quantitative estimate of drug-likeness (QED) is 0.557. The van der Waals surface area contributed by atoms with Crippen molar-refractivity contribution in [1.82, 2.24) is 0 Å². The third-order valence-electron chi connectivity index (χ3n) is 2.93. The molecule has 3 rings (SSSR count). The fourth-order valence-electron chi connectivity index (χ4n) is 1.95. The number of hydrogen-bond donors (Lipinski definition) is 0. The second-order valence-corrected chi connectivity index (χ2v) is 3.91. The molecule has 1 saturated carbocycles. The van der Waals surface area contributed by atoms with Gasteiger partial charge in [-0.15, -0.1) is 0 Å². The molecular weight excluding hydrogens is 156 g/mol. The van der Waals surface area contributed by atoms with E-state index in [9.17, 15) is 0 Å². The first-order chi connectivity index (χ1) is 6.43. The molecule has 0 heteroatoms. The number of benzene rings is 1. The molecular formula is C13H12. The van der Waals surface area contributed by atoms with Crippen LogP contribution in [0.15, 0.2) is 36.4 Å². The molecule has 0 nitrogen and oxygen atoms in total. The van der Waals surface area contributed by atoms with Crippen LogP contribution in [0.4, 0.5) is 0 Å². The molecule has 0 amide bonds. The van der Waals surface area contributed by atoms with E-state index in [1.54, 1.807) is 0 Å². The SMILES string of the molecule is C1=C\C2CC2/C=C\c2ccccc2/1. The number of rotatable bonds is 0. The van der Waals surface area contributed by atoms with E-state index in [0.29, 0.717) is 0 Å². The summed E-state index contributed by atoms with van der Waals surface area (Å²) in [6, 6.07) is 8.56. The summed E-state index contributed by atoms with van der Waals surface area (Å²) in [5.74, 6) is 1.65. The lowest BCUT2D eigenvalue weighted by Crippen LogP contribution is -1.83. The Morgan fingerprint density at radius 1 is 0.846 bits per heavy atom. The van der Waals surface area contributed by atoms with E-state index in [0.717, 1.165) is 11.8 Å². The fraction of sp³-hybridized carbons (Fsp3) is 0.231. The Bertz CT molecular complexity index is 348. The monoisotopic (exact) mass is 168 g/mol. The molecule has 1 fully saturated rings. The molecule has 64 valence electrons. The summed E-state index contributed by atoms with van der Waals surface area (Å²) in [6.45, 7) is 0. The minimum Gasteiger partial charge on any atom is -0.0802 e. The largest absolute Gasteiger partial charge is 0.0802 e. The minimum absolute atomic E-state index is 0.824. The van der Waals surface area contributed by atoms with Gasteiger partial charge >= 0.3 is 0 Å².